The fraction of sp³-hybridized carbons (Fsp3) is 0.667. The van der Waals surface area contributed by atoms with Crippen molar-refractivity contribution < 1.29 is 14.6 Å². The smallest absolute Gasteiger partial charge is 0.257 e. The zero-order chi connectivity index (χ0) is 15.9. The summed E-state index contributed by atoms with van der Waals surface area (Å²) in [7, 11) is 0. The lowest BCUT2D eigenvalue weighted by Gasteiger charge is -2.21. The van der Waals surface area contributed by atoms with Gasteiger partial charge in [-0.25, -0.2) is 9.97 Å². The van der Waals surface area contributed by atoms with Crippen LogP contribution in [0.3, 0.4) is 0 Å². The van der Waals surface area contributed by atoms with Crippen LogP contribution in [0, 0.1) is 6.92 Å². The second kappa shape index (κ2) is 8.17. The van der Waals surface area contributed by atoms with Gasteiger partial charge >= 0.3 is 0 Å². The second-order valence-corrected chi connectivity index (χ2v) is 5.42. The summed E-state index contributed by atoms with van der Waals surface area (Å²) in [5, 5.41) is 10.1. The van der Waals surface area contributed by atoms with E-state index in [0.717, 1.165) is 13.1 Å². The molecule has 1 aliphatic heterocycles. The molecule has 1 aromatic heterocycles. The first-order chi connectivity index (χ1) is 10.6. The van der Waals surface area contributed by atoms with Crippen LogP contribution >= 0.6 is 0 Å². The van der Waals surface area contributed by atoms with Gasteiger partial charge in [-0.2, -0.15) is 0 Å². The van der Waals surface area contributed by atoms with E-state index in [1.807, 2.05) is 6.92 Å². The van der Waals surface area contributed by atoms with Crippen LogP contribution in [0.25, 0.3) is 0 Å². The van der Waals surface area contributed by atoms with Crippen molar-refractivity contribution in [2.24, 2.45) is 0 Å². The Morgan fingerprint density at radius 3 is 2.77 bits per heavy atom. The molecular formula is C15H24N4O3. The van der Waals surface area contributed by atoms with E-state index in [2.05, 4.69) is 14.9 Å². The molecule has 0 saturated carbocycles. The molecule has 1 aliphatic rings. The molecule has 0 spiro atoms. The molecular weight excluding hydrogens is 284 g/mol. The van der Waals surface area contributed by atoms with E-state index in [9.17, 15) is 9.90 Å². The van der Waals surface area contributed by atoms with Gasteiger partial charge in [-0.05, 0) is 13.8 Å². The maximum absolute atomic E-state index is 12.5. The summed E-state index contributed by atoms with van der Waals surface area (Å²) in [6, 6.07) is 0. The highest BCUT2D eigenvalue weighted by atomic mass is 16.5. The predicted octanol–water partition coefficient (Wildman–Crippen LogP) is -0.0598. The summed E-state index contributed by atoms with van der Waals surface area (Å²) in [5.74, 6) is 0.500. The number of rotatable bonds is 5. The number of β-amino-alcohol motifs (C(OH)–C–C–N with tert-alkyl or cyclic N) is 1. The van der Waals surface area contributed by atoms with Crippen molar-refractivity contribution in [3.63, 3.8) is 0 Å². The van der Waals surface area contributed by atoms with Crippen molar-refractivity contribution >= 4 is 5.91 Å². The van der Waals surface area contributed by atoms with Crippen molar-refractivity contribution in [3.8, 4) is 0 Å². The third-order valence-electron chi connectivity index (χ3n) is 3.66. The van der Waals surface area contributed by atoms with Gasteiger partial charge in [0.05, 0.1) is 18.3 Å². The molecule has 2 heterocycles. The molecule has 1 N–H and O–H groups in total. The molecule has 122 valence electrons. The van der Waals surface area contributed by atoms with E-state index in [4.69, 9.17) is 4.74 Å². The molecule has 2 rings (SSSR count). The number of carbonyl (C=O) groups is 1. The van der Waals surface area contributed by atoms with Crippen LogP contribution < -0.4 is 0 Å². The van der Waals surface area contributed by atoms with Crippen molar-refractivity contribution in [3.05, 3.63) is 23.8 Å². The molecule has 7 nitrogen and oxygen atoms in total. The fourth-order valence-corrected chi connectivity index (χ4v) is 2.47. The summed E-state index contributed by atoms with van der Waals surface area (Å²) in [5.41, 5.74) is 0.459. The lowest BCUT2D eigenvalue weighted by molar-refractivity contribution is 0.0650. The molecule has 7 heteroatoms. The van der Waals surface area contributed by atoms with Crippen LogP contribution in [0.2, 0.25) is 0 Å². The highest BCUT2D eigenvalue weighted by Crippen LogP contribution is 2.09. The van der Waals surface area contributed by atoms with Crippen molar-refractivity contribution in [1.29, 1.82) is 0 Å². The summed E-state index contributed by atoms with van der Waals surface area (Å²) in [4.78, 5) is 24.4. The lowest BCUT2D eigenvalue weighted by atomic mass is 10.2. The molecule has 1 saturated heterocycles. The van der Waals surface area contributed by atoms with Crippen LogP contribution in [-0.2, 0) is 4.74 Å². The molecule has 0 radical (unpaired) electrons. The zero-order valence-electron chi connectivity index (χ0n) is 13.2. The van der Waals surface area contributed by atoms with Gasteiger partial charge in [0.2, 0.25) is 0 Å². The Kier molecular flexibility index (Phi) is 6.23. The van der Waals surface area contributed by atoms with Crippen LogP contribution in [-0.4, -0.2) is 82.8 Å². The topological polar surface area (TPSA) is 78.8 Å². The maximum Gasteiger partial charge on any atom is 0.257 e. The molecule has 1 aromatic rings. The first-order valence-corrected chi connectivity index (χ1v) is 7.66. The van der Waals surface area contributed by atoms with E-state index >= 15 is 0 Å². The van der Waals surface area contributed by atoms with Gasteiger partial charge in [0.25, 0.3) is 5.91 Å². The Labute approximate surface area is 130 Å². The zero-order valence-corrected chi connectivity index (χ0v) is 13.2. The standard InChI is InChI=1S/C15H24N4O3/c1-3-22-7-6-18-4-5-19(11-14(20)10-18)15(21)13-8-16-12(2)17-9-13/h8-9,14,20H,3-7,10-11H2,1-2H3/t14-/m1/s1. The third kappa shape index (κ3) is 4.72. The number of ether oxygens (including phenoxy) is 1. The van der Waals surface area contributed by atoms with Gasteiger partial charge in [0.15, 0.2) is 0 Å². The van der Waals surface area contributed by atoms with E-state index in [1.165, 1.54) is 12.4 Å². The number of aliphatic hydroxyl groups excluding tert-OH is 1. The monoisotopic (exact) mass is 308 g/mol. The second-order valence-electron chi connectivity index (χ2n) is 5.42. The largest absolute Gasteiger partial charge is 0.390 e. The third-order valence-corrected chi connectivity index (χ3v) is 3.66. The van der Waals surface area contributed by atoms with Gasteiger partial charge in [0, 0.05) is 51.7 Å². The molecule has 0 unspecified atom stereocenters. The first-order valence-electron chi connectivity index (χ1n) is 7.66. The minimum absolute atomic E-state index is 0.134. The first kappa shape index (κ1) is 16.8. The highest BCUT2D eigenvalue weighted by molar-refractivity contribution is 5.93. The minimum atomic E-state index is -0.556. The number of hydrogen-bond acceptors (Lipinski definition) is 6. The Morgan fingerprint density at radius 1 is 1.36 bits per heavy atom. The Hall–Kier alpha value is -1.57. The average molecular weight is 308 g/mol. The van der Waals surface area contributed by atoms with E-state index in [0.29, 0.717) is 44.2 Å². The Balaban J connectivity index is 1.94. The summed E-state index contributed by atoms with van der Waals surface area (Å²) in [6.07, 6.45) is 2.52. The van der Waals surface area contributed by atoms with Crippen LogP contribution in [0.4, 0.5) is 0 Å². The molecule has 22 heavy (non-hydrogen) atoms. The summed E-state index contributed by atoms with van der Waals surface area (Å²) < 4.78 is 5.35. The van der Waals surface area contributed by atoms with Crippen LogP contribution in [0.1, 0.15) is 23.1 Å². The average Bonchev–Trinajstić information content (AvgIpc) is 2.69. The molecule has 0 aromatic carbocycles. The predicted molar refractivity (Wildman–Crippen MR) is 81.6 cm³/mol. The number of nitrogens with zero attached hydrogens (tertiary/aromatic N) is 4. The fourth-order valence-electron chi connectivity index (χ4n) is 2.47. The van der Waals surface area contributed by atoms with Crippen molar-refractivity contribution in [1.82, 2.24) is 19.8 Å². The number of aryl methyl sites for hydroxylation is 1. The number of aliphatic hydroxyl groups is 1. The van der Waals surface area contributed by atoms with Gasteiger partial charge < -0.3 is 14.7 Å². The van der Waals surface area contributed by atoms with Crippen molar-refractivity contribution in [2.75, 3.05) is 45.9 Å². The van der Waals surface area contributed by atoms with Gasteiger partial charge in [-0.1, -0.05) is 0 Å². The number of hydrogen-bond donors (Lipinski definition) is 1. The minimum Gasteiger partial charge on any atom is -0.390 e. The summed E-state index contributed by atoms with van der Waals surface area (Å²) >= 11 is 0. The van der Waals surface area contributed by atoms with E-state index < -0.39 is 6.10 Å². The number of amides is 1. The molecule has 0 bridgehead atoms. The molecule has 1 fully saturated rings. The number of carbonyl (C=O) groups excluding carboxylic acids is 1. The Morgan fingerprint density at radius 2 is 2.09 bits per heavy atom. The van der Waals surface area contributed by atoms with E-state index in [-0.39, 0.29) is 5.91 Å². The molecule has 1 amide bonds. The Bertz CT molecular complexity index is 480. The lowest BCUT2D eigenvalue weighted by Crippen LogP contribution is -2.37. The quantitative estimate of drug-likeness (QED) is 0.768. The van der Waals surface area contributed by atoms with E-state index in [1.54, 1.807) is 11.8 Å². The van der Waals surface area contributed by atoms with Crippen LogP contribution in [0.5, 0.6) is 0 Å². The molecule has 0 aliphatic carbocycles. The van der Waals surface area contributed by atoms with Gasteiger partial charge in [-0.15, -0.1) is 0 Å². The molecule has 1 atom stereocenters. The van der Waals surface area contributed by atoms with Gasteiger partial charge in [-0.3, -0.25) is 9.69 Å². The highest BCUT2D eigenvalue weighted by Gasteiger charge is 2.25. The summed E-state index contributed by atoms with van der Waals surface area (Å²) in [6.45, 7) is 8.02. The number of aromatic nitrogens is 2. The van der Waals surface area contributed by atoms with Crippen molar-refractivity contribution in [2.45, 2.75) is 20.0 Å². The van der Waals surface area contributed by atoms with Crippen LogP contribution in [0.15, 0.2) is 12.4 Å². The normalized spacial score (nSPS) is 20.0. The SMILES string of the molecule is CCOCCN1CCN(C(=O)c2cnc(C)nc2)C[C@H](O)C1. The maximum atomic E-state index is 12.5. The van der Waals surface area contributed by atoms with Gasteiger partial charge in [0.1, 0.15) is 5.82 Å².